The summed E-state index contributed by atoms with van der Waals surface area (Å²) in [7, 11) is 0. The van der Waals surface area contributed by atoms with Gasteiger partial charge in [-0.05, 0) is 6.92 Å². The van der Waals surface area contributed by atoms with Crippen LogP contribution in [0, 0.1) is 6.92 Å². The van der Waals surface area contributed by atoms with Crippen LogP contribution in [0.1, 0.15) is 12.6 Å². The van der Waals surface area contributed by atoms with Crippen LogP contribution in [0.3, 0.4) is 0 Å². The molecule has 0 unspecified atom stereocenters. The van der Waals surface area contributed by atoms with Crippen molar-refractivity contribution in [1.29, 1.82) is 0 Å². The summed E-state index contributed by atoms with van der Waals surface area (Å²) in [6, 6.07) is 2.01. The minimum Gasteiger partial charge on any atom is -0.379 e. The lowest BCUT2D eigenvalue weighted by molar-refractivity contribution is -0.129. The summed E-state index contributed by atoms with van der Waals surface area (Å²) in [5.41, 5.74) is 0.952. The molecule has 0 spiro atoms. The topological polar surface area (TPSA) is 73.8 Å². The Hall–Kier alpha value is -1.93. The maximum absolute atomic E-state index is 11.5. The van der Waals surface area contributed by atoms with E-state index in [1.54, 1.807) is 6.92 Å². The standard InChI is InChI=1S/C17H28N6O2/c1-14-13-16(23-7-5-22(6-8-23)15(2)24)20-17(19-14)18-3-4-21-9-11-25-12-10-21/h13H,3-12H2,1-2H3,(H,18,19,20). The number of anilines is 2. The van der Waals surface area contributed by atoms with E-state index >= 15 is 0 Å². The maximum atomic E-state index is 11.5. The second-order valence-electron chi connectivity index (χ2n) is 6.57. The molecule has 0 aliphatic carbocycles. The van der Waals surface area contributed by atoms with Crippen molar-refractivity contribution in [3.8, 4) is 0 Å². The highest BCUT2D eigenvalue weighted by Crippen LogP contribution is 2.17. The second-order valence-corrected chi connectivity index (χ2v) is 6.57. The molecule has 0 aromatic carbocycles. The Bertz CT molecular complexity index is 583. The number of hydrogen-bond donors (Lipinski definition) is 1. The average Bonchev–Trinajstić information content (AvgIpc) is 2.62. The third kappa shape index (κ3) is 5.02. The van der Waals surface area contributed by atoms with E-state index in [1.165, 1.54) is 0 Å². The molecule has 0 saturated carbocycles. The van der Waals surface area contributed by atoms with Crippen molar-refractivity contribution in [3.05, 3.63) is 11.8 Å². The van der Waals surface area contributed by atoms with Crippen LogP contribution in [-0.4, -0.2) is 91.2 Å². The first-order valence-corrected chi connectivity index (χ1v) is 9.02. The first-order valence-electron chi connectivity index (χ1n) is 9.02. The number of amides is 1. The van der Waals surface area contributed by atoms with Crippen LogP contribution in [0.25, 0.3) is 0 Å². The predicted molar refractivity (Wildman–Crippen MR) is 97.0 cm³/mol. The van der Waals surface area contributed by atoms with Gasteiger partial charge in [0.15, 0.2) is 0 Å². The summed E-state index contributed by atoms with van der Waals surface area (Å²) in [5.74, 6) is 1.76. The van der Waals surface area contributed by atoms with Crippen molar-refractivity contribution in [3.63, 3.8) is 0 Å². The molecule has 25 heavy (non-hydrogen) atoms. The lowest BCUT2D eigenvalue weighted by Gasteiger charge is -2.35. The van der Waals surface area contributed by atoms with Gasteiger partial charge in [0, 0.05) is 71.0 Å². The predicted octanol–water partition coefficient (Wildman–Crippen LogP) is 0.198. The molecule has 2 aliphatic rings. The average molecular weight is 348 g/mol. The quantitative estimate of drug-likeness (QED) is 0.815. The van der Waals surface area contributed by atoms with E-state index in [4.69, 9.17) is 4.74 Å². The van der Waals surface area contributed by atoms with E-state index in [9.17, 15) is 4.79 Å². The van der Waals surface area contributed by atoms with Gasteiger partial charge in [0.1, 0.15) is 5.82 Å². The molecule has 0 bridgehead atoms. The Labute approximate surface area is 149 Å². The number of ether oxygens (including phenoxy) is 1. The molecule has 8 heteroatoms. The zero-order valence-corrected chi connectivity index (χ0v) is 15.2. The Morgan fingerprint density at radius 3 is 2.56 bits per heavy atom. The molecule has 8 nitrogen and oxygen atoms in total. The number of aromatic nitrogens is 2. The zero-order chi connectivity index (χ0) is 17.6. The van der Waals surface area contributed by atoms with Gasteiger partial charge in [0.25, 0.3) is 0 Å². The van der Waals surface area contributed by atoms with Gasteiger partial charge in [-0.1, -0.05) is 0 Å². The molecule has 138 valence electrons. The normalized spacial score (nSPS) is 19.1. The lowest BCUT2D eigenvalue weighted by Crippen LogP contribution is -2.48. The minimum atomic E-state index is 0.143. The van der Waals surface area contributed by atoms with Crippen LogP contribution in [-0.2, 0) is 9.53 Å². The fourth-order valence-electron chi connectivity index (χ4n) is 3.19. The number of nitrogens with zero attached hydrogens (tertiary/aromatic N) is 5. The molecular formula is C17H28N6O2. The summed E-state index contributed by atoms with van der Waals surface area (Å²) in [6.07, 6.45) is 0. The number of piperazine rings is 1. The lowest BCUT2D eigenvalue weighted by atomic mass is 10.3. The summed E-state index contributed by atoms with van der Waals surface area (Å²) in [5, 5.41) is 3.34. The van der Waals surface area contributed by atoms with E-state index in [1.807, 2.05) is 17.9 Å². The van der Waals surface area contributed by atoms with Crippen LogP contribution in [0.4, 0.5) is 11.8 Å². The van der Waals surface area contributed by atoms with E-state index in [2.05, 4.69) is 25.1 Å². The number of carbonyl (C=O) groups is 1. The van der Waals surface area contributed by atoms with E-state index in [0.29, 0.717) is 5.95 Å². The smallest absolute Gasteiger partial charge is 0.224 e. The maximum Gasteiger partial charge on any atom is 0.224 e. The van der Waals surface area contributed by atoms with Gasteiger partial charge in [-0.3, -0.25) is 9.69 Å². The van der Waals surface area contributed by atoms with E-state index in [-0.39, 0.29) is 5.91 Å². The Balaban J connectivity index is 1.54. The Morgan fingerprint density at radius 2 is 1.88 bits per heavy atom. The van der Waals surface area contributed by atoms with E-state index in [0.717, 1.165) is 77.1 Å². The molecule has 1 aromatic rings. The van der Waals surface area contributed by atoms with E-state index < -0.39 is 0 Å². The fraction of sp³-hybridized carbons (Fsp3) is 0.706. The van der Waals surface area contributed by atoms with Crippen molar-refractivity contribution in [2.45, 2.75) is 13.8 Å². The number of morpholine rings is 1. The number of aryl methyl sites for hydroxylation is 1. The first-order chi connectivity index (χ1) is 12.1. The van der Waals surface area contributed by atoms with Crippen molar-refractivity contribution >= 4 is 17.7 Å². The SMILES string of the molecule is CC(=O)N1CCN(c2cc(C)nc(NCCN3CCOCC3)n2)CC1. The number of carbonyl (C=O) groups excluding carboxylic acids is 1. The highest BCUT2D eigenvalue weighted by Gasteiger charge is 2.20. The van der Waals surface area contributed by atoms with Gasteiger partial charge in [-0.2, -0.15) is 4.98 Å². The molecule has 1 aromatic heterocycles. The molecule has 2 aliphatic heterocycles. The third-order valence-corrected chi connectivity index (χ3v) is 4.70. The van der Waals surface area contributed by atoms with Gasteiger partial charge >= 0.3 is 0 Å². The summed E-state index contributed by atoms with van der Waals surface area (Å²) >= 11 is 0. The van der Waals surface area contributed by atoms with Crippen LogP contribution < -0.4 is 10.2 Å². The van der Waals surface area contributed by atoms with Crippen molar-refractivity contribution in [2.75, 3.05) is 75.8 Å². The van der Waals surface area contributed by atoms with Crippen LogP contribution >= 0.6 is 0 Å². The molecule has 0 atom stereocenters. The van der Waals surface area contributed by atoms with Gasteiger partial charge < -0.3 is 19.9 Å². The third-order valence-electron chi connectivity index (χ3n) is 4.70. The first kappa shape index (κ1) is 17.9. The highest BCUT2D eigenvalue weighted by molar-refractivity contribution is 5.73. The van der Waals surface area contributed by atoms with Gasteiger partial charge in [0.2, 0.25) is 11.9 Å². The van der Waals surface area contributed by atoms with Crippen LogP contribution in [0.2, 0.25) is 0 Å². The number of nitrogens with one attached hydrogen (secondary N) is 1. The monoisotopic (exact) mass is 348 g/mol. The molecule has 2 saturated heterocycles. The van der Waals surface area contributed by atoms with Gasteiger partial charge in [0.05, 0.1) is 13.2 Å². The fourth-order valence-corrected chi connectivity index (χ4v) is 3.19. The highest BCUT2D eigenvalue weighted by atomic mass is 16.5. The minimum absolute atomic E-state index is 0.143. The Kier molecular flexibility index (Phi) is 6.04. The second kappa shape index (κ2) is 8.44. The summed E-state index contributed by atoms with van der Waals surface area (Å²) < 4.78 is 5.37. The number of hydrogen-bond acceptors (Lipinski definition) is 7. The molecule has 2 fully saturated rings. The molecule has 1 amide bonds. The number of rotatable bonds is 5. The molecule has 1 N–H and O–H groups in total. The molecule has 3 heterocycles. The van der Waals surface area contributed by atoms with Crippen molar-refractivity contribution < 1.29 is 9.53 Å². The van der Waals surface area contributed by atoms with Crippen molar-refractivity contribution in [2.24, 2.45) is 0 Å². The molecule has 3 rings (SSSR count). The summed E-state index contributed by atoms with van der Waals surface area (Å²) in [4.78, 5) is 27.1. The van der Waals surface area contributed by atoms with Crippen LogP contribution in [0.5, 0.6) is 0 Å². The van der Waals surface area contributed by atoms with Gasteiger partial charge in [-0.15, -0.1) is 0 Å². The Morgan fingerprint density at radius 1 is 1.16 bits per heavy atom. The zero-order valence-electron chi connectivity index (χ0n) is 15.2. The molecular weight excluding hydrogens is 320 g/mol. The summed E-state index contributed by atoms with van der Waals surface area (Å²) in [6.45, 7) is 12.1. The van der Waals surface area contributed by atoms with Crippen molar-refractivity contribution in [1.82, 2.24) is 19.8 Å². The van der Waals surface area contributed by atoms with Gasteiger partial charge in [-0.25, -0.2) is 4.98 Å². The van der Waals surface area contributed by atoms with Crippen LogP contribution in [0.15, 0.2) is 6.07 Å². The molecule has 0 radical (unpaired) electrons. The largest absolute Gasteiger partial charge is 0.379 e.